The lowest BCUT2D eigenvalue weighted by Crippen LogP contribution is -1.95. The Morgan fingerprint density at radius 3 is 2.55 bits per heavy atom. The second-order valence-corrected chi connectivity index (χ2v) is 5.67. The van der Waals surface area contributed by atoms with Gasteiger partial charge in [-0.25, -0.2) is 5.10 Å². The number of nitrogens with one attached hydrogen (secondary N) is 1. The fourth-order valence-corrected chi connectivity index (χ4v) is 2.37. The highest BCUT2D eigenvalue weighted by molar-refractivity contribution is 7.71. The molecule has 0 aliphatic heterocycles. The Kier molecular flexibility index (Phi) is 4.38. The first-order valence-corrected chi connectivity index (χ1v) is 7.54. The van der Waals surface area contributed by atoms with Crippen LogP contribution in [0.1, 0.15) is 5.56 Å². The first-order chi connectivity index (χ1) is 10.6. The average Bonchev–Trinajstić information content (AvgIpc) is 2.88. The van der Waals surface area contributed by atoms with Gasteiger partial charge in [0.1, 0.15) is 0 Å². The third-order valence-corrected chi connectivity index (χ3v) is 3.83. The standard InChI is InChI=1S/C15H10Cl2N4S/c16-12-7-5-10(6-8-12)14-19-20-15(22)21(14)18-9-11-3-1-2-4-13(11)17/h1-9H,(H,20,22)/b18-9+. The summed E-state index contributed by atoms with van der Waals surface area (Å²) in [6, 6.07) is 14.7. The van der Waals surface area contributed by atoms with Gasteiger partial charge in [-0.1, -0.05) is 41.4 Å². The smallest absolute Gasteiger partial charge is 0.216 e. The van der Waals surface area contributed by atoms with Gasteiger partial charge in [0.05, 0.1) is 6.21 Å². The van der Waals surface area contributed by atoms with Crippen molar-refractivity contribution in [2.45, 2.75) is 0 Å². The summed E-state index contributed by atoms with van der Waals surface area (Å²) >= 11 is 17.2. The van der Waals surface area contributed by atoms with Gasteiger partial charge in [-0.2, -0.15) is 14.9 Å². The third-order valence-electron chi connectivity index (χ3n) is 2.97. The van der Waals surface area contributed by atoms with Crippen molar-refractivity contribution in [1.82, 2.24) is 14.9 Å². The highest BCUT2D eigenvalue weighted by atomic mass is 35.5. The van der Waals surface area contributed by atoms with Gasteiger partial charge in [0.2, 0.25) is 4.77 Å². The monoisotopic (exact) mass is 348 g/mol. The second kappa shape index (κ2) is 6.44. The van der Waals surface area contributed by atoms with Crippen molar-refractivity contribution >= 4 is 41.6 Å². The lowest BCUT2D eigenvalue weighted by Gasteiger charge is -2.01. The molecule has 0 radical (unpaired) electrons. The Balaban J connectivity index is 2.01. The normalized spacial score (nSPS) is 11.2. The number of H-pyrrole nitrogens is 1. The van der Waals surface area contributed by atoms with Gasteiger partial charge in [0.15, 0.2) is 5.82 Å². The molecule has 4 nitrogen and oxygen atoms in total. The molecule has 0 amide bonds. The van der Waals surface area contributed by atoms with Gasteiger partial charge in [-0.05, 0) is 42.5 Å². The molecule has 2 aromatic carbocycles. The molecular formula is C15H10Cl2N4S. The zero-order chi connectivity index (χ0) is 15.5. The van der Waals surface area contributed by atoms with Crippen molar-refractivity contribution < 1.29 is 0 Å². The van der Waals surface area contributed by atoms with E-state index < -0.39 is 0 Å². The highest BCUT2D eigenvalue weighted by Crippen LogP contribution is 2.20. The SMILES string of the molecule is S=c1[nH]nc(-c2ccc(Cl)cc2)n1/N=C/c1ccccc1Cl. The zero-order valence-electron chi connectivity index (χ0n) is 11.2. The molecule has 0 atom stereocenters. The number of halogens is 2. The fraction of sp³-hybridized carbons (Fsp3) is 0. The molecule has 3 aromatic rings. The molecule has 0 aliphatic carbocycles. The summed E-state index contributed by atoms with van der Waals surface area (Å²) in [7, 11) is 0. The predicted molar refractivity (Wildman–Crippen MR) is 92.3 cm³/mol. The van der Waals surface area contributed by atoms with Crippen LogP contribution in [0.15, 0.2) is 53.6 Å². The molecule has 0 saturated carbocycles. The van der Waals surface area contributed by atoms with Gasteiger partial charge in [-0.3, -0.25) is 0 Å². The summed E-state index contributed by atoms with van der Waals surface area (Å²) in [5.74, 6) is 0.602. The van der Waals surface area contributed by atoms with E-state index in [0.717, 1.165) is 11.1 Å². The van der Waals surface area contributed by atoms with Crippen LogP contribution in [0.3, 0.4) is 0 Å². The second-order valence-electron chi connectivity index (χ2n) is 4.44. The minimum atomic E-state index is 0.397. The molecule has 7 heteroatoms. The van der Waals surface area contributed by atoms with Crippen LogP contribution in [-0.4, -0.2) is 21.1 Å². The number of hydrogen-bond acceptors (Lipinski definition) is 3. The van der Waals surface area contributed by atoms with Crippen molar-refractivity contribution in [1.29, 1.82) is 0 Å². The summed E-state index contributed by atoms with van der Waals surface area (Å²) < 4.78 is 1.94. The van der Waals surface area contributed by atoms with Crippen LogP contribution in [0, 0.1) is 4.77 Å². The molecule has 0 saturated heterocycles. The van der Waals surface area contributed by atoms with Crippen LogP contribution < -0.4 is 0 Å². The van der Waals surface area contributed by atoms with Gasteiger partial charge in [0, 0.05) is 21.2 Å². The Hall–Kier alpha value is -1.95. The first kappa shape index (κ1) is 15.0. The van der Waals surface area contributed by atoms with E-state index in [0.29, 0.717) is 20.6 Å². The number of rotatable bonds is 3. The summed E-state index contributed by atoms with van der Waals surface area (Å²) in [5, 5.41) is 12.6. The van der Waals surface area contributed by atoms with Crippen molar-refractivity contribution in [2.24, 2.45) is 5.10 Å². The van der Waals surface area contributed by atoms with E-state index in [4.69, 9.17) is 35.4 Å². The maximum atomic E-state index is 6.11. The Morgan fingerprint density at radius 2 is 1.82 bits per heavy atom. The molecule has 0 spiro atoms. The zero-order valence-corrected chi connectivity index (χ0v) is 13.5. The first-order valence-electron chi connectivity index (χ1n) is 6.37. The van der Waals surface area contributed by atoms with Crippen LogP contribution in [0.2, 0.25) is 10.0 Å². The van der Waals surface area contributed by atoms with Crippen molar-refractivity contribution in [3.63, 3.8) is 0 Å². The largest absolute Gasteiger partial charge is 0.250 e. The van der Waals surface area contributed by atoms with Crippen LogP contribution in [0.5, 0.6) is 0 Å². The lowest BCUT2D eigenvalue weighted by atomic mass is 10.2. The molecular weight excluding hydrogens is 339 g/mol. The van der Waals surface area contributed by atoms with Crippen molar-refractivity contribution in [3.05, 3.63) is 68.9 Å². The lowest BCUT2D eigenvalue weighted by molar-refractivity contribution is 0.871. The van der Waals surface area contributed by atoms with E-state index in [-0.39, 0.29) is 0 Å². The summed E-state index contributed by atoms with van der Waals surface area (Å²) in [6.45, 7) is 0. The molecule has 0 unspecified atom stereocenters. The van der Waals surface area contributed by atoms with Gasteiger partial charge in [0.25, 0.3) is 0 Å². The van der Waals surface area contributed by atoms with Crippen molar-refractivity contribution in [2.75, 3.05) is 0 Å². The molecule has 0 fully saturated rings. The summed E-state index contributed by atoms with van der Waals surface area (Å²) in [4.78, 5) is 0. The Labute approximate surface area is 142 Å². The van der Waals surface area contributed by atoms with Crippen LogP contribution in [0.4, 0.5) is 0 Å². The molecule has 0 bridgehead atoms. The molecule has 1 N–H and O–H groups in total. The van der Waals surface area contributed by atoms with Crippen LogP contribution in [0.25, 0.3) is 11.4 Å². The van der Waals surface area contributed by atoms with E-state index in [1.165, 1.54) is 0 Å². The number of aromatic nitrogens is 3. The third kappa shape index (κ3) is 3.11. The molecule has 110 valence electrons. The molecule has 0 aliphatic rings. The number of aromatic amines is 1. The Bertz CT molecular complexity index is 881. The molecule has 1 aromatic heterocycles. The van der Waals surface area contributed by atoms with E-state index in [1.54, 1.807) is 29.1 Å². The number of hydrogen-bond donors (Lipinski definition) is 1. The number of benzene rings is 2. The fourth-order valence-electron chi connectivity index (χ4n) is 1.88. The maximum Gasteiger partial charge on any atom is 0.216 e. The van der Waals surface area contributed by atoms with Crippen molar-refractivity contribution in [3.8, 4) is 11.4 Å². The van der Waals surface area contributed by atoms with E-state index >= 15 is 0 Å². The van der Waals surface area contributed by atoms with Crippen LogP contribution in [-0.2, 0) is 0 Å². The highest BCUT2D eigenvalue weighted by Gasteiger charge is 2.08. The quantitative estimate of drug-likeness (QED) is 0.545. The summed E-state index contributed by atoms with van der Waals surface area (Å²) in [5.41, 5.74) is 1.65. The predicted octanol–water partition coefficient (Wildman–Crippen LogP) is 4.80. The summed E-state index contributed by atoms with van der Waals surface area (Å²) in [6.07, 6.45) is 1.65. The van der Waals surface area contributed by atoms with Gasteiger partial charge >= 0.3 is 0 Å². The average molecular weight is 349 g/mol. The maximum absolute atomic E-state index is 6.11. The van der Waals surface area contributed by atoms with E-state index in [1.807, 2.05) is 30.3 Å². The van der Waals surface area contributed by atoms with Crippen LogP contribution >= 0.6 is 35.4 Å². The minimum Gasteiger partial charge on any atom is -0.250 e. The molecule has 1 heterocycles. The Morgan fingerprint density at radius 1 is 1.09 bits per heavy atom. The minimum absolute atomic E-state index is 0.397. The van der Waals surface area contributed by atoms with Gasteiger partial charge < -0.3 is 0 Å². The van der Waals surface area contributed by atoms with E-state index in [2.05, 4.69) is 15.3 Å². The van der Waals surface area contributed by atoms with E-state index in [9.17, 15) is 0 Å². The molecule has 22 heavy (non-hydrogen) atoms. The number of nitrogens with zero attached hydrogens (tertiary/aromatic N) is 3. The van der Waals surface area contributed by atoms with Gasteiger partial charge in [-0.15, -0.1) is 0 Å². The topological polar surface area (TPSA) is 46.0 Å². The molecule has 3 rings (SSSR count).